The van der Waals surface area contributed by atoms with Crippen molar-refractivity contribution in [2.24, 2.45) is 0 Å². The highest BCUT2D eigenvalue weighted by Gasteiger charge is 2.24. The minimum absolute atomic E-state index is 0.127. The first-order valence-electron chi connectivity index (χ1n) is 10.5. The molecule has 0 spiro atoms. The zero-order valence-corrected chi connectivity index (χ0v) is 17.0. The van der Waals surface area contributed by atoms with E-state index in [0.717, 1.165) is 53.8 Å². The van der Waals surface area contributed by atoms with Crippen LogP contribution in [0.3, 0.4) is 0 Å². The van der Waals surface area contributed by atoms with Crippen molar-refractivity contribution < 1.29 is 19.4 Å². The van der Waals surface area contributed by atoms with Crippen LogP contribution in [0.2, 0.25) is 0 Å². The fraction of sp³-hybridized carbons (Fsp3) is 0.320. The maximum atomic E-state index is 11.0. The number of aromatic amines is 1. The number of H-pyrrole nitrogens is 1. The van der Waals surface area contributed by atoms with Crippen LogP contribution in [-0.2, 0) is 17.6 Å². The summed E-state index contributed by atoms with van der Waals surface area (Å²) >= 11 is 0. The quantitative estimate of drug-likeness (QED) is 0.357. The van der Waals surface area contributed by atoms with E-state index in [1.165, 1.54) is 10.9 Å². The second-order valence-corrected chi connectivity index (χ2v) is 7.72. The zero-order chi connectivity index (χ0) is 20.9. The Morgan fingerprint density at radius 3 is 2.90 bits per heavy atom. The monoisotopic (exact) mass is 405 g/mol. The summed E-state index contributed by atoms with van der Waals surface area (Å²) in [5, 5.41) is 10.2. The van der Waals surface area contributed by atoms with Crippen molar-refractivity contribution in [3.8, 4) is 11.5 Å². The molecule has 5 heteroatoms. The maximum Gasteiger partial charge on any atom is 0.303 e. The molecule has 1 atom stereocenters. The van der Waals surface area contributed by atoms with Crippen LogP contribution in [0.1, 0.15) is 41.9 Å². The van der Waals surface area contributed by atoms with Gasteiger partial charge in [-0.05, 0) is 66.6 Å². The number of carboxylic acid groups (broad SMARTS) is 1. The lowest BCUT2D eigenvalue weighted by Crippen LogP contribution is -2.06. The molecular weight excluding hydrogens is 378 g/mol. The van der Waals surface area contributed by atoms with Crippen molar-refractivity contribution in [2.75, 3.05) is 13.2 Å². The Balaban J connectivity index is 1.29. The van der Waals surface area contributed by atoms with Gasteiger partial charge in [0.05, 0.1) is 19.6 Å². The van der Waals surface area contributed by atoms with Crippen LogP contribution in [0.4, 0.5) is 0 Å². The summed E-state index contributed by atoms with van der Waals surface area (Å²) < 4.78 is 11.9. The van der Waals surface area contributed by atoms with Crippen molar-refractivity contribution >= 4 is 16.9 Å². The molecule has 4 rings (SSSR count). The van der Waals surface area contributed by atoms with Gasteiger partial charge >= 0.3 is 5.97 Å². The van der Waals surface area contributed by atoms with Gasteiger partial charge in [0.1, 0.15) is 11.5 Å². The number of hydrogen-bond acceptors (Lipinski definition) is 3. The van der Waals surface area contributed by atoms with Gasteiger partial charge in [0.15, 0.2) is 0 Å². The van der Waals surface area contributed by atoms with E-state index in [-0.39, 0.29) is 12.3 Å². The summed E-state index contributed by atoms with van der Waals surface area (Å²) in [5.41, 5.74) is 4.62. The Labute approximate surface area is 176 Å². The van der Waals surface area contributed by atoms with Gasteiger partial charge in [0.2, 0.25) is 0 Å². The molecule has 0 amide bonds. The molecule has 1 aliphatic carbocycles. The van der Waals surface area contributed by atoms with E-state index in [9.17, 15) is 4.79 Å². The third-order valence-corrected chi connectivity index (χ3v) is 5.70. The van der Waals surface area contributed by atoms with E-state index in [2.05, 4.69) is 23.7 Å². The highest BCUT2D eigenvalue weighted by molar-refractivity contribution is 5.85. The van der Waals surface area contributed by atoms with E-state index in [0.29, 0.717) is 13.2 Å². The molecule has 2 aromatic carbocycles. The molecule has 1 aliphatic rings. The Kier molecular flexibility index (Phi) is 6.07. The van der Waals surface area contributed by atoms with Crippen molar-refractivity contribution in [3.63, 3.8) is 0 Å². The van der Waals surface area contributed by atoms with E-state index >= 15 is 0 Å². The number of fused-ring (bicyclic) bond motifs is 2. The molecule has 5 nitrogen and oxygen atoms in total. The molecule has 30 heavy (non-hydrogen) atoms. The van der Waals surface area contributed by atoms with Crippen molar-refractivity contribution in [1.29, 1.82) is 0 Å². The molecule has 0 fully saturated rings. The van der Waals surface area contributed by atoms with Crippen LogP contribution in [0, 0.1) is 0 Å². The number of ether oxygens (including phenoxy) is 2. The first kappa shape index (κ1) is 20.1. The average molecular weight is 405 g/mol. The number of aliphatic carboxylic acids is 1. The Morgan fingerprint density at radius 2 is 2.07 bits per heavy atom. The lowest BCUT2D eigenvalue weighted by molar-refractivity contribution is -0.137. The van der Waals surface area contributed by atoms with Crippen molar-refractivity contribution in [1.82, 2.24) is 4.98 Å². The summed E-state index contributed by atoms with van der Waals surface area (Å²) in [6, 6.07) is 12.1. The molecule has 1 aromatic heterocycles. The third-order valence-electron chi connectivity index (χ3n) is 5.70. The van der Waals surface area contributed by atoms with Gasteiger partial charge in [-0.1, -0.05) is 12.1 Å². The van der Waals surface area contributed by atoms with Gasteiger partial charge in [-0.2, -0.15) is 0 Å². The lowest BCUT2D eigenvalue weighted by atomic mass is 9.98. The summed E-state index contributed by atoms with van der Waals surface area (Å²) in [7, 11) is 0. The number of carbonyl (C=O) groups is 1. The molecule has 0 aliphatic heterocycles. The molecule has 2 N–H and O–H groups in total. The normalized spacial score (nSPS) is 15.1. The van der Waals surface area contributed by atoms with Crippen LogP contribution >= 0.6 is 0 Å². The Morgan fingerprint density at radius 1 is 1.20 bits per heavy atom. The lowest BCUT2D eigenvalue weighted by Gasteiger charge is -2.13. The molecule has 0 unspecified atom stereocenters. The number of carboxylic acids is 1. The smallest absolute Gasteiger partial charge is 0.303 e. The highest BCUT2D eigenvalue weighted by atomic mass is 16.5. The number of aromatic nitrogens is 1. The van der Waals surface area contributed by atoms with Crippen LogP contribution in [0.25, 0.3) is 10.9 Å². The van der Waals surface area contributed by atoms with Gasteiger partial charge in [-0.3, -0.25) is 4.79 Å². The van der Waals surface area contributed by atoms with E-state index in [1.807, 2.05) is 36.5 Å². The van der Waals surface area contributed by atoms with Gasteiger partial charge in [-0.15, -0.1) is 6.58 Å². The van der Waals surface area contributed by atoms with Crippen molar-refractivity contribution in [2.45, 2.75) is 38.0 Å². The predicted octanol–water partition coefficient (Wildman–Crippen LogP) is 5.25. The molecule has 0 saturated carbocycles. The fourth-order valence-corrected chi connectivity index (χ4v) is 4.29. The van der Waals surface area contributed by atoms with Crippen LogP contribution < -0.4 is 9.47 Å². The van der Waals surface area contributed by atoms with Crippen LogP contribution in [-0.4, -0.2) is 29.3 Å². The van der Waals surface area contributed by atoms with Crippen molar-refractivity contribution in [3.05, 3.63) is 71.9 Å². The predicted molar refractivity (Wildman–Crippen MR) is 118 cm³/mol. The van der Waals surface area contributed by atoms with E-state index in [1.54, 1.807) is 0 Å². The van der Waals surface area contributed by atoms with Gasteiger partial charge in [0, 0.05) is 29.1 Å². The number of aryl methyl sites for hydroxylation is 1. The van der Waals surface area contributed by atoms with Gasteiger partial charge in [-0.25, -0.2) is 0 Å². The van der Waals surface area contributed by atoms with E-state index < -0.39 is 5.97 Å². The number of rotatable bonds is 10. The molecule has 3 aromatic rings. The average Bonchev–Trinajstić information content (AvgIpc) is 3.36. The molecule has 156 valence electrons. The molecule has 1 heterocycles. The van der Waals surface area contributed by atoms with Gasteiger partial charge in [0.25, 0.3) is 0 Å². The summed E-state index contributed by atoms with van der Waals surface area (Å²) in [6.07, 6.45) is 7.39. The number of benzene rings is 2. The summed E-state index contributed by atoms with van der Waals surface area (Å²) in [4.78, 5) is 14.2. The highest BCUT2D eigenvalue weighted by Crippen LogP contribution is 2.37. The number of hydrogen-bond donors (Lipinski definition) is 2. The second kappa shape index (κ2) is 9.08. The molecule has 0 bridgehead atoms. The SMILES string of the molecule is C=CCc1c(OCCCOc2ccc3c(c2)CC[C@H]3CC(=O)O)ccc2[nH]ccc12. The Bertz CT molecular complexity index is 1050. The van der Waals surface area contributed by atoms with E-state index in [4.69, 9.17) is 14.6 Å². The fourth-order valence-electron chi connectivity index (χ4n) is 4.29. The summed E-state index contributed by atoms with van der Waals surface area (Å²) in [5.74, 6) is 1.12. The maximum absolute atomic E-state index is 11.0. The topological polar surface area (TPSA) is 71.6 Å². The minimum Gasteiger partial charge on any atom is -0.493 e. The minimum atomic E-state index is -0.736. The second-order valence-electron chi connectivity index (χ2n) is 7.72. The molecular formula is C25H27NO4. The molecule has 0 saturated heterocycles. The first-order valence-corrected chi connectivity index (χ1v) is 10.5. The standard InChI is InChI=1S/C25H27NO4/c1-2-4-22-21-11-12-26-23(21)9-10-24(22)30-14-3-13-29-19-7-8-20-17(15-19)5-6-18(20)16-25(27)28/h2,7-12,15,18,26H,1,3-6,13-14,16H2,(H,27,28)/t18-/m0/s1. The largest absolute Gasteiger partial charge is 0.493 e. The van der Waals surface area contributed by atoms with Crippen LogP contribution in [0.15, 0.2) is 55.3 Å². The zero-order valence-electron chi connectivity index (χ0n) is 17.0. The number of nitrogens with one attached hydrogen (secondary N) is 1. The molecule has 0 radical (unpaired) electrons. The first-order chi connectivity index (χ1) is 14.7. The van der Waals surface area contributed by atoms with Crippen LogP contribution in [0.5, 0.6) is 11.5 Å². The summed E-state index contributed by atoms with van der Waals surface area (Å²) in [6.45, 7) is 5.01. The third kappa shape index (κ3) is 4.35. The number of allylic oxidation sites excluding steroid dienone is 1. The Hall–Kier alpha value is -3.21. The van der Waals surface area contributed by atoms with Gasteiger partial charge < -0.3 is 19.6 Å².